The monoisotopic (exact) mass is 321 g/mol. The van der Waals surface area contributed by atoms with Gasteiger partial charge in [0.1, 0.15) is 17.7 Å². The van der Waals surface area contributed by atoms with Crippen LogP contribution in [0.25, 0.3) is 0 Å². The molecular weight excluding hydrogens is 309 g/mol. The molecule has 0 fully saturated rings. The van der Waals surface area contributed by atoms with Crippen LogP contribution in [0.3, 0.4) is 0 Å². The Morgan fingerprint density at radius 1 is 1.21 bits per heavy atom. The topological polar surface area (TPSA) is 35.2 Å². The molecule has 0 radical (unpaired) electrons. The molecule has 2 aromatic carbocycles. The molecule has 1 unspecified atom stereocenters. The van der Waals surface area contributed by atoms with Crippen molar-refractivity contribution in [3.63, 3.8) is 0 Å². The smallest absolute Gasteiger partial charge is 0.126 e. The fourth-order valence-electron chi connectivity index (χ4n) is 2.39. The van der Waals surface area contributed by atoms with E-state index in [1.807, 2.05) is 24.3 Å². The van der Waals surface area contributed by atoms with E-state index >= 15 is 0 Å². The maximum atomic E-state index is 13.2. The summed E-state index contributed by atoms with van der Waals surface area (Å²) in [6, 6.07) is 12.3. The molecule has 0 saturated carbocycles. The third-order valence-electron chi connectivity index (χ3n) is 3.33. The lowest BCUT2D eigenvalue weighted by atomic mass is 9.93. The second-order valence-electron chi connectivity index (χ2n) is 4.69. The van der Waals surface area contributed by atoms with Crippen molar-refractivity contribution in [2.75, 3.05) is 0 Å². The molecule has 2 N–H and O–H groups in total. The summed E-state index contributed by atoms with van der Waals surface area (Å²) >= 11 is 3.45. The number of halogens is 2. The van der Waals surface area contributed by atoms with Crippen molar-refractivity contribution in [2.24, 2.45) is 5.73 Å². The van der Waals surface area contributed by atoms with E-state index in [0.29, 0.717) is 12.2 Å². The van der Waals surface area contributed by atoms with Crippen LogP contribution in [0.4, 0.5) is 4.39 Å². The van der Waals surface area contributed by atoms with Crippen LogP contribution in [-0.4, -0.2) is 0 Å². The Morgan fingerprint density at radius 2 is 2.05 bits per heavy atom. The van der Waals surface area contributed by atoms with Gasteiger partial charge in [0.05, 0.1) is 0 Å². The first-order valence-corrected chi connectivity index (χ1v) is 6.90. The number of ether oxygens (including phenoxy) is 1. The van der Waals surface area contributed by atoms with Gasteiger partial charge in [-0.2, -0.15) is 0 Å². The molecule has 19 heavy (non-hydrogen) atoms. The SMILES string of the molecule is N[C@H]1CC(c2cccc(Br)c2)Oc2ccc(F)cc21. The summed E-state index contributed by atoms with van der Waals surface area (Å²) in [6.07, 6.45) is 0.554. The molecule has 2 nitrogen and oxygen atoms in total. The Balaban J connectivity index is 1.95. The molecule has 2 aromatic rings. The third-order valence-corrected chi connectivity index (χ3v) is 3.82. The summed E-state index contributed by atoms with van der Waals surface area (Å²) in [4.78, 5) is 0. The van der Waals surface area contributed by atoms with Gasteiger partial charge in [0.15, 0.2) is 0 Å². The van der Waals surface area contributed by atoms with Crippen molar-refractivity contribution in [1.82, 2.24) is 0 Å². The molecule has 0 amide bonds. The summed E-state index contributed by atoms with van der Waals surface area (Å²) in [5.74, 6) is 0.392. The number of rotatable bonds is 1. The predicted molar refractivity (Wildman–Crippen MR) is 75.5 cm³/mol. The highest BCUT2D eigenvalue weighted by Gasteiger charge is 2.27. The summed E-state index contributed by atoms with van der Waals surface area (Å²) in [5, 5.41) is 0. The lowest BCUT2D eigenvalue weighted by Gasteiger charge is -2.30. The first-order chi connectivity index (χ1) is 9.13. The van der Waals surface area contributed by atoms with E-state index in [9.17, 15) is 4.39 Å². The van der Waals surface area contributed by atoms with Gasteiger partial charge in [-0.25, -0.2) is 4.39 Å². The van der Waals surface area contributed by atoms with E-state index in [4.69, 9.17) is 10.5 Å². The summed E-state index contributed by atoms with van der Waals surface area (Å²) in [6.45, 7) is 0. The van der Waals surface area contributed by atoms with Gasteiger partial charge >= 0.3 is 0 Å². The second kappa shape index (κ2) is 4.94. The van der Waals surface area contributed by atoms with Crippen LogP contribution in [0.15, 0.2) is 46.9 Å². The molecule has 0 aliphatic carbocycles. The van der Waals surface area contributed by atoms with Gasteiger partial charge < -0.3 is 10.5 Å². The molecular formula is C15H13BrFNO. The number of nitrogens with two attached hydrogens (primary N) is 1. The van der Waals surface area contributed by atoms with Crippen molar-refractivity contribution >= 4 is 15.9 Å². The van der Waals surface area contributed by atoms with E-state index in [0.717, 1.165) is 15.6 Å². The first kappa shape index (κ1) is 12.6. The number of hydrogen-bond donors (Lipinski definition) is 1. The Labute approximate surface area is 119 Å². The van der Waals surface area contributed by atoms with Gasteiger partial charge in [-0.15, -0.1) is 0 Å². The highest BCUT2D eigenvalue weighted by Crippen LogP contribution is 2.40. The quantitative estimate of drug-likeness (QED) is 0.857. The van der Waals surface area contributed by atoms with Crippen LogP contribution >= 0.6 is 15.9 Å². The zero-order chi connectivity index (χ0) is 13.4. The van der Waals surface area contributed by atoms with Gasteiger partial charge in [-0.05, 0) is 35.9 Å². The minimum absolute atomic E-state index is 0.0922. The number of hydrogen-bond acceptors (Lipinski definition) is 2. The van der Waals surface area contributed by atoms with Crippen LogP contribution in [0, 0.1) is 5.82 Å². The molecule has 4 heteroatoms. The number of benzene rings is 2. The van der Waals surface area contributed by atoms with E-state index in [-0.39, 0.29) is 18.0 Å². The summed E-state index contributed by atoms with van der Waals surface area (Å²) in [5.41, 5.74) is 7.93. The summed E-state index contributed by atoms with van der Waals surface area (Å²) in [7, 11) is 0. The molecule has 0 aromatic heterocycles. The minimum atomic E-state index is -0.279. The van der Waals surface area contributed by atoms with Gasteiger partial charge in [-0.3, -0.25) is 0 Å². The molecule has 1 aliphatic heterocycles. The Morgan fingerprint density at radius 3 is 2.84 bits per heavy atom. The van der Waals surface area contributed by atoms with E-state index in [1.165, 1.54) is 12.1 Å². The zero-order valence-corrected chi connectivity index (χ0v) is 11.7. The minimum Gasteiger partial charge on any atom is -0.485 e. The summed E-state index contributed by atoms with van der Waals surface area (Å²) < 4.78 is 20.2. The Bertz CT molecular complexity index is 617. The third kappa shape index (κ3) is 2.51. The molecule has 3 rings (SSSR count). The second-order valence-corrected chi connectivity index (χ2v) is 5.60. The van der Waals surface area contributed by atoms with Crippen LogP contribution in [0.5, 0.6) is 5.75 Å². The fourth-order valence-corrected chi connectivity index (χ4v) is 2.80. The molecule has 1 aliphatic rings. The Kier molecular flexibility index (Phi) is 3.29. The first-order valence-electron chi connectivity index (χ1n) is 6.10. The van der Waals surface area contributed by atoms with Crippen molar-refractivity contribution in [3.05, 3.63) is 63.9 Å². The molecule has 0 saturated heterocycles. The lowest BCUT2D eigenvalue weighted by Crippen LogP contribution is -2.24. The largest absolute Gasteiger partial charge is 0.485 e. The van der Waals surface area contributed by atoms with E-state index in [1.54, 1.807) is 6.07 Å². The molecule has 0 bridgehead atoms. The lowest BCUT2D eigenvalue weighted by molar-refractivity contribution is 0.161. The standard InChI is InChI=1S/C15H13BrFNO/c16-10-3-1-2-9(6-10)15-8-13(18)12-7-11(17)4-5-14(12)19-15/h1-7,13,15H,8,18H2/t13-,15?/m0/s1. The van der Waals surface area contributed by atoms with Gasteiger partial charge in [0.2, 0.25) is 0 Å². The molecule has 98 valence electrons. The van der Waals surface area contributed by atoms with Gasteiger partial charge in [0, 0.05) is 22.5 Å². The Hall–Kier alpha value is -1.39. The van der Waals surface area contributed by atoms with Gasteiger partial charge in [0.25, 0.3) is 0 Å². The van der Waals surface area contributed by atoms with Crippen molar-refractivity contribution in [3.8, 4) is 5.75 Å². The van der Waals surface area contributed by atoms with Crippen molar-refractivity contribution in [2.45, 2.75) is 18.6 Å². The highest BCUT2D eigenvalue weighted by atomic mass is 79.9. The van der Waals surface area contributed by atoms with Crippen LogP contribution in [0.1, 0.15) is 29.7 Å². The molecule has 0 spiro atoms. The van der Waals surface area contributed by atoms with Crippen LogP contribution in [-0.2, 0) is 0 Å². The molecule has 1 heterocycles. The van der Waals surface area contributed by atoms with Crippen molar-refractivity contribution in [1.29, 1.82) is 0 Å². The average Bonchev–Trinajstić information content (AvgIpc) is 2.39. The number of fused-ring (bicyclic) bond motifs is 1. The van der Waals surface area contributed by atoms with Crippen LogP contribution in [0.2, 0.25) is 0 Å². The zero-order valence-electron chi connectivity index (χ0n) is 10.1. The van der Waals surface area contributed by atoms with E-state index < -0.39 is 0 Å². The average molecular weight is 322 g/mol. The highest BCUT2D eigenvalue weighted by molar-refractivity contribution is 9.10. The fraction of sp³-hybridized carbons (Fsp3) is 0.200. The normalized spacial score (nSPS) is 21.6. The maximum Gasteiger partial charge on any atom is 0.126 e. The van der Waals surface area contributed by atoms with Gasteiger partial charge in [-0.1, -0.05) is 28.1 Å². The van der Waals surface area contributed by atoms with E-state index in [2.05, 4.69) is 15.9 Å². The van der Waals surface area contributed by atoms with Crippen molar-refractivity contribution < 1.29 is 9.13 Å². The molecule has 2 atom stereocenters. The predicted octanol–water partition coefficient (Wildman–Crippen LogP) is 4.11. The van der Waals surface area contributed by atoms with Crippen LogP contribution < -0.4 is 10.5 Å². The maximum absolute atomic E-state index is 13.2.